The zero-order valence-corrected chi connectivity index (χ0v) is 14.9. The van der Waals surface area contributed by atoms with Crippen molar-refractivity contribution in [2.45, 2.75) is 6.54 Å². The number of fused-ring (bicyclic) bond motifs is 1. The molecule has 2 aromatic heterocycles. The van der Waals surface area contributed by atoms with Gasteiger partial charge in [0.1, 0.15) is 12.1 Å². The average Bonchev–Trinajstić information content (AvgIpc) is 3.12. The summed E-state index contributed by atoms with van der Waals surface area (Å²) in [6.07, 6.45) is 3.20. The van der Waals surface area contributed by atoms with Crippen molar-refractivity contribution in [3.63, 3.8) is 0 Å². The van der Waals surface area contributed by atoms with Gasteiger partial charge in [-0.15, -0.1) is 0 Å². The molecule has 0 aliphatic rings. The van der Waals surface area contributed by atoms with Gasteiger partial charge in [0.15, 0.2) is 0 Å². The van der Waals surface area contributed by atoms with Crippen LogP contribution in [-0.4, -0.2) is 20.1 Å². The quantitative estimate of drug-likeness (QED) is 0.591. The van der Waals surface area contributed by atoms with E-state index in [1.54, 1.807) is 42.7 Å². The Kier molecular flexibility index (Phi) is 4.48. The molecule has 2 aromatic carbocycles. The lowest BCUT2D eigenvalue weighted by Gasteiger charge is -2.08. The number of nitrogens with one attached hydrogen (secondary N) is 1. The molecule has 0 saturated heterocycles. The van der Waals surface area contributed by atoms with Gasteiger partial charge in [-0.05, 0) is 18.2 Å². The topological polar surface area (TPSA) is 68.4 Å². The van der Waals surface area contributed by atoms with E-state index in [1.807, 2.05) is 30.3 Å². The van der Waals surface area contributed by atoms with Crippen molar-refractivity contribution in [1.29, 1.82) is 0 Å². The fourth-order valence-corrected chi connectivity index (χ4v) is 2.99. The summed E-state index contributed by atoms with van der Waals surface area (Å²) in [5.41, 5.74) is 2.24. The van der Waals surface area contributed by atoms with Crippen LogP contribution < -0.4 is 10.9 Å². The zero-order valence-electron chi connectivity index (χ0n) is 14.2. The maximum Gasteiger partial charge on any atom is 0.277 e. The molecule has 0 bridgehead atoms. The van der Waals surface area contributed by atoms with E-state index in [1.165, 1.54) is 9.08 Å². The number of aromatic nitrogens is 3. The maximum absolute atomic E-state index is 12.7. The highest BCUT2D eigenvalue weighted by molar-refractivity contribution is 6.33. The molecule has 2 heterocycles. The smallest absolute Gasteiger partial charge is 0.277 e. The standard InChI is InChI=1S/C20H15ClN4O2/c21-15-8-4-5-9-16(15)22-19(26)13-24-10-11-25-18(20(24)27)12-17(23-25)14-6-2-1-3-7-14/h1-12H,13H2,(H,22,26). The first-order valence-corrected chi connectivity index (χ1v) is 8.68. The molecule has 0 unspecified atom stereocenters. The van der Waals surface area contributed by atoms with Crippen LogP contribution in [0.5, 0.6) is 0 Å². The highest BCUT2D eigenvalue weighted by Crippen LogP contribution is 2.20. The molecular weight excluding hydrogens is 364 g/mol. The number of anilines is 1. The van der Waals surface area contributed by atoms with E-state index in [9.17, 15) is 9.59 Å². The number of halogens is 1. The lowest BCUT2D eigenvalue weighted by molar-refractivity contribution is -0.116. The first-order valence-electron chi connectivity index (χ1n) is 8.30. The van der Waals surface area contributed by atoms with Crippen LogP contribution in [0.2, 0.25) is 5.02 Å². The van der Waals surface area contributed by atoms with Gasteiger partial charge in [-0.25, -0.2) is 4.52 Å². The summed E-state index contributed by atoms with van der Waals surface area (Å²) in [5.74, 6) is -0.336. The van der Waals surface area contributed by atoms with Crippen LogP contribution in [0.3, 0.4) is 0 Å². The van der Waals surface area contributed by atoms with E-state index < -0.39 is 0 Å². The fraction of sp³-hybridized carbons (Fsp3) is 0.0500. The number of benzene rings is 2. The van der Waals surface area contributed by atoms with Crippen molar-refractivity contribution in [3.8, 4) is 11.3 Å². The predicted octanol–water partition coefficient (Wildman–Crippen LogP) is 3.46. The Morgan fingerprint density at radius 2 is 1.78 bits per heavy atom. The first-order chi connectivity index (χ1) is 13.1. The lowest BCUT2D eigenvalue weighted by atomic mass is 10.1. The molecule has 6 nitrogen and oxygen atoms in total. The third-order valence-electron chi connectivity index (χ3n) is 4.13. The molecule has 0 aliphatic heterocycles. The first kappa shape index (κ1) is 17.1. The molecule has 27 heavy (non-hydrogen) atoms. The van der Waals surface area contributed by atoms with Crippen LogP contribution in [0.15, 0.2) is 77.9 Å². The zero-order chi connectivity index (χ0) is 18.8. The lowest BCUT2D eigenvalue weighted by Crippen LogP contribution is -2.28. The number of hydrogen-bond donors (Lipinski definition) is 1. The third kappa shape index (κ3) is 3.47. The Balaban J connectivity index is 1.61. The van der Waals surface area contributed by atoms with Gasteiger partial charge in [0.05, 0.1) is 16.4 Å². The molecule has 0 spiro atoms. The molecule has 0 atom stereocenters. The molecule has 4 rings (SSSR count). The molecule has 4 aromatic rings. The van der Waals surface area contributed by atoms with Crippen LogP contribution in [0, 0.1) is 0 Å². The second-order valence-corrected chi connectivity index (χ2v) is 6.39. The van der Waals surface area contributed by atoms with Gasteiger partial charge in [0.2, 0.25) is 5.91 Å². The normalized spacial score (nSPS) is 10.9. The minimum Gasteiger partial charge on any atom is -0.323 e. The van der Waals surface area contributed by atoms with Gasteiger partial charge < -0.3 is 9.88 Å². The average molecular weight is 379 g/mol. The Labute approximate surface area is 159 Å². The number of carbonyl (C=O) groups is 1. The summed E-state index contributed by atoms with van der Waals surface area (Å²) in [6.45, 7) is -0.119. The molecule has 0 aliphatic carbocycles. The van der Waals surface area contributed by atoms with Crippen molar-refractivity contribution in [1.82, 2.24) is 14.2 Å². The highest BCUT2D eigenvalue weighted by Gasteiger charge is 2.12. The Morgan fingerprint density at radius 3 is 2.56 bits per heavy atom. The summed E-state index contributed by atoms with van der Waals surface area (Å²) in [4.78, 5) is 25.0. The number of para-hydroxylation sites is 1. The van der Waals surface area contributed by atoms with E-state index in [-0.39, 0.29) is 18.0 Å². The second kappa shape index (κ2) is 7.09. The van der Waals surface area contributed by atoms with E-state index in [2.05, 4.69) is 10.4 Å². The SMILES string of the molecule is O=C(Cn1ccn2nc(-c3ccccc3)cc2c1=O)Nc1ccccc1Cl. The van der Waals surface area contributed by atoms with Crippen LogP contribution in [0.4, 0.5) is 5.69 Å². The summed E-state index contributed by atoms with van der Waals surface area (Å²) in [6, 6.07) is 18.3. The number of amides is 1. The fourth-order valence-electron chi connectivity index (χ4n) is 2.81. The Hall–Kier alpha value is -3.38. The van der Waals surface area contributed by atoms with Crippen LogP contribution in [-0.2, 0) is 11.3 Å². The summed E-state index contributed by atoms with van der Waals surface area (Å²) < 4.78 is 2.87. The molecule has 0 saturated carbocycles. The van der Waals surface area contributed by atoms with E-state index >= 15 is 0 Å². The minimum absolute atomic E-state index is 0.119. The van der Waals surface area contributed by atoms with E-state index in [0.717, 1.165) is 5.56 Å². The molecular formula is C20H15ClN4O2. The minimum atomic E-state index is -0.336. The van der Waals surface area contributed by atoms with Crippen molar-refractivity contribution in [2.24, 2.45) is 0 Å². The second-order valence-electron chi connectivity index (χ2n) is 5.98. The summed E-state index contributed by atoms with van der Waals surface area (Å²) in [7, 11) is 0. The van der Waals surface area contributed by atoms with Gasteiger partial charge in [-0.3, -0.25) is 9.59 Å². The van der Waals surface area contributed by atoms with Crippen molar-refractivity contribution >= 4 is 28.7 Å². The largest absolute Gasteiger partial charge is 0.323 e. The van der Waals surface area contributed by atoms with Crippen molar-refractivity contribution in [2.75, 3.05) is 5.32 Å². The molecule has 1 N–H and O–H groups in total. The van der Waals surface area contributed by atoms with Crippen LogP contribution in [0.25, 0.3) is 16.8 Å². The summed E-state index contributed by atoms with van der Waals surface area (Å²) in [5, 5.41) is 7.58. The van der Waals surface area contributed by atoms with Gasteiger partial charge in [0.25, 0.3) is 5.56 Å². The van der Waals surface area contributed by atoms with E-state index in [4.69, 9.17) is 11.6 Å². The molecule has 7 heteroatoms. The summed E-state index contributed by atoms with van der Waals surface area (Å²) >= 11 is 6.05. The van der Waals surface area contributed by atoms with E-state index in [0.29, 0.717) is 21.9 Å². The third-order valence-corrected chi connectivity index (χ3v) is 4.46. The number of carbonyl (C=O) groups excluding carboxylic acids is 1. The number of hydrogen-bond acceptors (Lipinski definition) is 3. The van der Waals surface area contributed by atoms with Crippen LogP contribution in [0.1, 0.15) is 0 Å². The highest BCUT2D eigenvalue weighted by atomic mass is 35.5. The van der Waals surface area contributed by atoms with Crippen LogP contribution >= 0.6 is 11.6 Å². The molecule has 134 valence electrons. The Bertz CT molecular complexity index is 1180. The monoisotopic (exact) mass is 378 g/mol. The maximum atomic E-state index is 12.7. The Morgan fingerprint density at radius 1 is 1.04 bits per heavy atom. The molecule has 0 radical (unpaired) electrons. The van der Waals surface area contributed by atoms with Gasteiger partial charge in [-0.1, -0.05) is 54.1 Å². The molecule has 0 fully saturated rings. The van der Waals surface area contributed by atoms with Gasteiger partial charge >= 0.3 is 0 Å². The van der Waals surface area contributed by atoms with Gasteiger partial charge in [-0.2, -0.15) is 5.10 Å². The van der Waals surface area contributed by atoms with Crippen molar-refractivity contribution < 1.29 is 4.79 Å². The molecule has 1 amide bonds. The number of nitrogens with zero attached hydrogens (tertiary/aromatic N) is 3. The van der Waals surface area contributed by atoms with Crippen molar-refractivity contribution in [3.05, 3.63) is 88.4 Å². The predicted molar refractivity (Wildman–Crippen MR) is 105 cm³/mol. The van der Waals surface area contributed by atoms with Gasteiger partial charge in [0, 0.05) is 18.0 Å². The number of rotatable bonds is 4.